The third-order valence-corrected chi connectivity index (χ3v) is 4.86. The number of nitrogens with zero attached hydrogens (tertiary/aromatic N) is 1. The Hall–Kier alpha value is -0.290. The van der Waals surface area contributed by atoms with Crippen LogP contribution in [0.5, 0.6) is 0 Å². The third kappa shape index (κ3) is 8.39. The first kappa shape index (κ1) is 22.7. The summed E-state index contributed by atoms with van der Waals surface area (Å²) in [7, 11) is -3.20. The molecule has 10 heteroatoms. The number of rotatable bonds is 7. The summed E-state index contributed by atoms with van der Waals surface area (Å²) < 4.78 is 24.9. The molecule has 0 saturated carbocycles. The number of benzene rings is 1. The number of aliphatic imine (C=N–C) groups is 1. The van der Waals surface area contributed by atoms with Crippen LogP contribution >= 0.6 is 47.2 Å². The van der Waals surface area contributed by atoms with E-state index in [4.69, 9.17) is 28.9 Å². The summed E-state index contributed by atoms with van der Waals surface area (Å²) in [6, 6.07) is 5.06. The number of halogens is 3. The van der Waals surface area contributed by atoms with Crippen molar-refractivity contribution in [3.05, 3.63) is 33.8 Å². The van der Waals surface area contributed by atoms with Crippen LogP contribution in [0.1, 0.15) is 25.5 Å². The van der Waals surface area contributed by atoms with Gasteiger partial charge in [0, 0.05) is 16.6 Å². The average Bonchev–Trinajstić information content (AvgIpc) is 2.43. The van der Waals surface area contributed by atoms with Gasteiger partial charge in [0.05, 0.1) is 18.3 Å². The lowest BCUT2D eigenvalue weighted by Gasteiger charge is -2.16. The van der Waals surface area contributed by atoms with Crippen molar-refractivity contribution in [1.29, 1.82) is 0 Å². The normalized spacial score (nSPS) is 13.3. The average molecular weight is 495 g/mol. The van der Waals surface area contributed by atoms with Gasteiger partial charge in [0.25, 0.3) is 0 Å². The van der Waals surface area contributed by atoms with Crippen LogP contribution in [-0.4, -0.2) is 33.2 Å². The second-order valence-corrected chi connectivity index (χ2v) is 7.54. The molecule has 6 nitrogen and oxygen atoms in total. The minimum Gasteiger partial charge on any atom is -0.370 e. The van der Waals surface area contributed by atoms with Crippen molar-refractivity contribution in [2.75, 3.05) is 18.8 Å². The monoisotopic (exact) mass is 494 g/mol. The standard InChI is InChI=1S/C13H20Cl2N4O2S.HI/c1-3-22(20,21)18-7-6-17-13(16)19-9(2)11-5-4-10(14)8-12(11)15;/h4-5,8-9,18H,3,6-7H2,1-2H3,(H3,16,17,19);1H. The zero-order valence-corrected chi connectivity index (χ0v) is 17.5. The van der Waals surface area contributed by atoms with E-state index in [2.05, 4.69) is 15.0 Å². The first-order chi connectivity index (χ1) is 10.2. The van der Waals surface area contributed by atoms with Gasteiger partial charge in [-0.3, -0.25) is 4.99 Å². The summed E-state index contributed by atoms with van der Waals surface area (Å²) in [5.41, 5.74) is 6.61. The molecule has 0 heterocycles. The highest BCUT2D eigenvalue weighted by Gasteiger charge is 2.10. The van der Waals surface area contributed by atoms with E-state index < -0.39 is 10.0 Å². The van der Waals surface area contributed by atoms with E-state index in [0.29, 0.717) is 10.0 Å². The molecule has 0 radical (unpaired) electrons. The number of sulfonamides is 1. The zero-order chi connectivity index (χ0) is 16.8. The van der Waals surface area contributed by atoms with Gasteiger partial charge < -0.3 is 11.1 Å². The molecule has 0 aliphatic rings. The Morgan fingerprint density at radius 1 is 1.39 bits per heavy atom. The molecular formula is C13H21Cl2IN4O2S. The van der Waals surface area contributed by atoms with Crippen LogP contribution in [0.2, 0.25) is 10.0 Å². The minimum atomic E-state index is -3.20. The van der Waals surface area contributed by atoms with Gasteiger partial charge in [-0.2, -0.15) is 0 Å². The molecule has 0 aliphatic heterocycles. The van der Waals surface area contributed by atoms with Crippen molar-refractivity contribution in [2.45, 2.75) is 19.9 Å². The molecule has 0 amide bonds. The Bertz CT molecular complexity index is 641. The molecule has 1 rings (SSSR count). The molecule has 0 aromatic heterocycles. The molecule has 1 aromatic rings. The van der Waals surface area contributed by atoms with Crippen LogP contribution in [0.25, 0.3) is 0 Å². The van der Waals surface area contributed by atoms with Crippen LogP contribution in [0.15, 0.2) is 23.2 Å². The molecular weight excluding hydrogens is 474 g/mol. The fraction of sp³-hybridized carbons (Fsp3) is 0.462. The Kier molecular flexibility index (Phi) is 10.4. The Labute approximate surface area is 164 Å². The summed E-state index contributed by atoms with van der Waals surface area (Å²) in [5.74, 6) is 0.255. The molecule has 0 fully saturated rings. The van der Waals surface area contributed by atoms with E-state index in [1.54, 1.807) is 19.1 Å². The quantitative estimate of drug-likeness (QED) is 0.235. The number of nitrogens with one attached hydrogen (secondary N) is 2. The zero-order valence-electron chi connectivity index (χ0n) is 12.8. The van der Waals surface area contributed by atoms with E-state index in [9.17, 15) is 8.42 Å². The molecule has 0 saturated heterocycles. The Morgan fingerprint density at radius 3 is 2.61 bits per heavy atom. The SMILES string of the molecule is CCS(=O)(=O)NCCN=C(N)NC(C)c1ccc(Cl)cc1Cl.I. The van der Waals surface area contributed by atoms with Crippen molar-refractivity contribution in [3.63, 3.8) is 0 Å². The van der Waals surface area contributed by atoms with Crippen LogP contribution in [0, 0.1) is 0 Å². The Morgan fingerprint density at radius 2 is 2.04 bits per heavy atom. The molecule has 4 N–H and O–H groups in total. The van der Waals surface area contributed by atoms with Gasteiger partial charge in [0.15, 0.2) is 5.96 Å². The van der Waals surface area contributed by atoms with Crippen molar-refractivity contribution >= 4 is 63.2 Å². The number of hydrogen-bond donors (Lipinski definition) is 3. The number of nitrogens with two attached hydrogens (primary N) is 1. The summed E-state index contributed by atoms with van der Waals surface area (Å²) in [6.07, 6.45) is 0. The number of guanidine groups is 1. The maximum Gasteiger partial charge on any atom is 0.211 e. The molecule has 0 spiro atoms. The maximum atomic E-state index is 11.2. The summed E-state index contributed by atoms with van der Waals surface area (Å²) in [5, 5.41) is 4.09. The lowest BCUT2D eigenvalue weighted by molar-refractivity contribution is 0.583. The van der Waals surface area contributed by atoms with Crippen LogP contribution < -0.4 is 15.8 Å². The molecule has 0 bridgehead atoms. The van der Waals surface area contributed by atoms with E-state index >= 15 is 0 Å². The third-order valence-electron chi connectivity index (χ3n) is 2.89. The summed E-state index contributed by atoms with van der Waals surface area (Å²) in [6.45, 7) is 3.91. The van der Waals surface area contributed by atoms with Gasteiger partial charge in [-0.1, -0.05) is 29.3 Å². The van der Waals surface area contributed by atoms with Crippen molar-refractivity contribution in [3.8, 4) is 0 Å². The van der Waals surface area contributed by atoms with Gasteiger partial charge in [0.2, 0.25) is 10.0 Å². The van der Waals surface area contributed by atoms with Crippen LogP contribution in [-0.2, 0) is 10.0 Å². The predicted molar refractivity (Wildman–Crippen MR) is 107 cm³/mol. The van der Waals surface area contributed by atoms with Gasteiger partial charge in [-0.25, -0.2) is 13.1 Å². The highest BCUT2D eigenvalue weighted by atomic mass is 127. The van der Waals surface area contributed by atoms with Gasteiger partial charge in [0.1, 0.15) is 0 Å². The minimum absolute atomic E-state index is 0. The lowest BCUT2D eigenvalue weighted by atomic mass is 10.1. The maximum absolute atomic E-state index is 11.2. The molecule has 132 valence electrons. The van der Waals surface area contributed by atoms with Crippen molar-refractivity contribution in [2.24, 2.45) is 10.7 Å². The van der Waals surface area contributed by atoms with Gasteiger partial charge >= 0.3 is 0 Å². The molecule has 1 atom stereocenters. The fourth-order valence-corrected chi connectivity index (χ4v) is 2.86. The van der Waals surface area contributed by atoms with Crippen molar-refractivity contribution in [1.82, 2.24) is 10.0 Å². The van der Waals surface area contributed by atoms with Crippen molar-refractivity contribution < 1.29 is 8.42 Å². The lowest BCUT2D eigenvalue weighted by Crippen LogP contribution is -2.35. The molecule has 1 aromatic carbocycles. The second kappa shape index (κ2) is 10.5. The largest absolute Gasteiger partial charge is 0.370 e. The van der Waals surface area contributed by atoms with E-state index in [-0.39, 0.29) is 54.8 Å². The Balaban J connectivity index is 0.00000484. The van der Waals surface area contributed by atoms with Crippen LogP contribution in [0.3, 0.4) is 0 Å². The smallest absolute Gasteiger partial charge is 0.211 e. The molecule has 0 aliphatic carbocycles. The predicted octanol–water partition coefficient (Wildman–Crippen LogP) is 2.52. The van der Waals surface area contributed by atoms with Gasteiger partial charge in [-0.15, -0.1) is 24.0 Å². The molecule has 23 heavy (non-hydrogen) atoms. The van der Waals surface area contributed by atoms with E-state index in [1.165, 1.54) is 0 Å². The summed E-state index contributed by atoms with van der Waals surface area (Å²) in [4.78, 5) is 4.06. The summed E-state index contributed by atoms with van der Waals surface area (Å²) >= 11 is 12.0. The second-order valence-electron chi connectivity index (χ2n) is 4.60. The first-order valence-corrected chi connectivity index (χ1v) is 9.14. The highest BCUT2D eigenvalue weighted by molar-refractivity contribution is 14.0. The van der Waals surface area contributed by atoms with Gasteiger partial charge in [-0.05, 0) is 31.5 Å². The topological polar surface area (TPSA) is 96.6 Å². The fourth-order valence-electron chi connectivity index (χ4n) is 1.68. The highest BCUT2D eigenvalue weighted by Crippen LogP contribution is 2.25. The molecule has 1 unspecified atom stereocenters. The van der Waals surface area contributed by atoms with E-state index in [0.717, 1.165) is 5.56 Å². The number of hydrogen-bond acceptors (Lipinski definition) is 3. The first-order valence-electron chi connectivity index (χ1n) is 6.74. The van der Waals surface area contributed by atoms with Crippen LogP contribution in [0.4, 0.5) is 0 Å². The van der Waals surface area contributed by atoms with E-state index in [1.807, 2.05) is 13.0 Å².